The van der Waals surface area contributed by atoms with Crippen LogP contribution in [0, 0.1) is 9.39 Å². The van der Waals surface area contributed by atoms with E-state index in [1.807, 2.05) is 0 Å². The lowest BCUT2D eigenvalue weighted by molar-refractivity contribution is 0.102. The van der Waals surface area contributed by atoms with Gasteiger partial charge in [-0.05, 0) is 59.0 Å². The van der Waals surface area contributed by atoms with E-state index >= 15 is 0 Å². The molecule has 0 atom stereocenters. The van der Waals surface area contributed by atoms with Crippen molar-refractivity contribution < 1.29 is 9.18 Å². The molecule has 0 saturated heterocycles. The van der Waals surface area contributed by atoms with Crippen LogP contribution in [0.5, 0.6) is 0 Å². The van der Waals surface area contributed by atoms with Crippen LogP contribution in [0.25, 0.3) is 0 Å². The van der Waals surface area contributed by atoms with Crippen LogP contribution in [0.3, 0.4) is 0 Å². The third kappa shape index (κ3) is 3.36. The summed E-state index contributed by atoms with van der Waals surface area (Å²) in [4.78, 5) is 12.0. The molecule has 2 aromatic rings. The Hall–Kier alpha value is -1.34. The molecule has 3 N–H and O–H groups in total. The van der Waals surface area contributed by atoms with Gasteiger partial charge in [-0.3, -0.25) is 4.79 Å². The van der Waals surface area contributed by atoms with E-state index in [4.69, 9.17) is 17.3 Å². The van der Waals surface area contributed by atoms with Gasteiger partial charge in [0, 0.05) is 9.26 Å². The number of hydrogen-bond acceptors (Lipinski definition) is 2. The molecule has 0 bridgehead atoms. The minimum absolute atomic E-state index is 0.116. The second-order valence-electron chi connectivity index (χ2n) is 3.82. The van der Waals surface area contributed by atoms with E-state index in [1.165, 1.54) is 12.1 Å². The fourth-order valence-corrected chi connectivity index (χ4v) is 2.40. The number of benzene rings is 2. The van der Waals surface area contributed by atoms with Gasteiger partial charge in [-0.2, -0.15) is 0 Å². The minimum atomic E-state index is -0.631. The molecule has 0 aliphatic carbocycles. The summed E-state index contributed by atoms with van der Waals surface area (Å²) in [5.74, 6) is -1.22. The standard InChI is InChI=1S/C13H9ClFIN2O/c14-10-5-7(16)1-4-12(10)18-13(19)9-6-8(17)2-3-11(9)15/h1-6H,17H2,(H,18,19). The first kappa shape index (κ1) is 14.1. The van der Waals surface area contributed by atoms with Crippen LogP contribution < -0.4 is 11.1 Å². The van der Waals surface area contributed by atoms with Crippen LogP contribution in [0.1, 0.15) is 10.4 Å². The Kier molecular flexibility index (Phi) is 4.26. The van der Waals surface area contributed by atoms with E-state index in [1.54, 1.807) is 18.2 Å². The molecular formula is C13H9ClFIN2O. The number of carbonyl (C=O) groups is 1. The van der Waals surface area contributed by atoms with Gasteiger partial charge in [0.15, 0.2) is 0 Å². The first-order valence-corrected chi connectivity index (χ1v) is 6.74. The van der Waals surface area contributed by atoms with E-state index in [0.29, 0.717) is 16.4 Å². The highest BCUT2D eigenvalue weighted by Gasteiger charge is 2.13. The number of amides is 1. The first-order chi connectivity index (χ1) is 8.97. The minimum Gasteiger partial charge on any atom is -0.399 e. The first-order valence-electron chi connectivity index (χ1n) is 5.29. The van der Waals surface area contributed by atoms with Gasteiger partial charge in [0.2, 0.25) is 0 Å². The molecule has 0 heterocycles. The third-order valence-electron chi connectivity index (χ3n) is 2.41. The molecule has 0 aromatic heterocycles. The Balaban J connectivity index is 2.28. The second-order valence-corrected chi connectivity index (χ2v) is 5.47. The normalized spacial score (nSPS) is 10.3. The van der Waals surface area contributed by atoms with Gasteiger partial charge in [-0.1, -0.05) is 11.6 Å². The van der Waals surface area contributed by atoms with E-state index in [2.05, 4.69) is 27.9 Å². The molecule has 0 unspecified atom stereocenters. The Labute approximate surface area is 128 Å². The van der Waals surface area contributed by atoms with E-state index in [0.717, 1.165) is 9.64 Å². The molecule has 0 saturated carbocycles. The van der Waals surface area contributed by atoms with Crippen molar-refractivity contribution in [3.8, 4) is 0 Å². The Morgan fingerprint density at radius 1 is 1.26 bits per heavy atom. The highest BCUT2D eigenvalue weighted by molar-refractivity contribution is 14.1. The van der Waals surface area contributed by atoms with Gasteiger partial charge in [-0.15, -0.1) is 0 Å². The van der Waals surface area contributed by atoms with E-state index in [9.17, 15) is 9.18 Å². The van der Waals surface area contributed by atoms with E-state index < -0.39 is 11.7 Å². The number of hydrogen-bond donors (Lipinski definition) is 2. The number of anilines is 2. The summed E-state index contributed by atoms with van der Waals surface area (Å²) < 4.78 is 14.5. The largest absolute Gasteiger partial charge is 0.399 e. The predicted octanol–water partition coefficient (Wildman–Crippen LogP) is 3.92. The van der Waals surface area contributed by atoms with Crippen LogP contribution in [0.4, 0.5) is 15.8 Å². The Morgan fingerprint density at radius 3 is 2.68 bits per heavy atom. The maximum Gasteiger partial charge on any atom is 0.258 e. The number of nitrogens with one attached hydrogen (secondary N) is 1. The lowest BCUT2D eigenvalue weighted by atomic mass is 10.1. The quantitative estimate of drug-likeness (QED) is 0.603. The summed E-state index contributed by atoms with van der Waals surface area (Å²) in [7, 11) is 0. The lowest BCUT2D eigenvalue weighted by Gasteiger charge is -2.08. The summed E-state index contributed by atoms with van der Waals surface area (Å²) in [5, 5.41) is 2.95. The van der Waals surface area contributed by atoms with Crippen LogP contribution >= 0.6 is 34.2 Å². The van der Waals surface area contributed by atoms with Crippen molar-refractivity contribution in [2.24, 2.45) is 0 Å². The number of halogens is 3. The smallest absolute Gasteiger partial charge is 0.258 e. The average molecular weight is 391 g/mol. The second kappa shape index (κ2) is 5.75. The average Bonchev–Trinajstić information content (AvgIpc) is 2.35. The molecule has 3 nitrogen and oxygen atoms in total. The van der Waals surface area contributed by atoms with Crippen LogP contribution in [0.2, 0.25) is 5.02 Å². The fraction of sp³-hybridized carbons (Fsp3) is 0. The Bertz CT molecular complexity index is 649. The Morgan fingerprint density at radius 2 is 2.00 bits per heavy atom. The molecule has 19 heavy (non-hydrogen) atoms. The molecular weight excluding hydrogens is 382 g/mol. The van der Waals surface area contributed by atoms with Gasteiger partial charge < -0.3 is 11.1 Å². The lowest BCUT2D eigenvalue weighted by Crippen LogP contribution is -2.14. The van der Waals surface area contributed by atoms with Crippen LogP contribution in [-0.4, -0.2) is 5.91 Å². The molecule has 0 spiro atoms. The summed E-state index contributed by atoms with van der Waals surface area (Å²) >= 11 is 8.10. The van der Waals surface area contributed by atoms with Gasteiger partial charge in [0.1, 0.15) is 5.82 Å². The summed E-state index contributed by atoms with van der Waals surface area (Å²) in [6, 6.07) is 8.98. The highest BCUT2D eigenvalue weighted by atomic mass is 127. The van der Waals surface area contributed by atoms with E-state index in [-0.39, 0.29) is 5.56 Å². The molecule has 0 aliphatic heterocycles. The molecule has 6 heteroatoms. The summed E-state index contributed by atoms with van der Waals surface area (Å²) in [6.45, 7) is 0. The zero-order valence-corrected chi connectivity index (χ0v) is 12.5. The summed E-state index contributed by atoms with van der Waals surface area (Å²) in [6.07, 6.45) is 0. The SMILES string of the molecule is Nc1ccc(F)c(C(=O)Nc2ccc(I)cc2Cl)c1. The molecule has 2 rings (SSSR count). The van der Waals surface area contributed by atoms with Crippen molar-refractivity contribution >= 4 is 51.5 Å². The van der Waals surface area contributed by atoms with Gasteiger partial charge in [0.05, 0.1) is 16.3 Å². The fourth-order valence-electron chi connectivity index (χ4n) is 1.50. The number of carbonyl (C=O) groups excluding carboxylic acids is 1. The number of rotatable bonds is 2. The van der Waals surface area contributed by atoms with Crippen LogP contribution in [-0.2, 0) is 0 Å². The van der Waals surface area contributed by atoms with Gasteiger partial charge >= 0.3 is 0 Å². The zero-order valence-electron chi connectivity index (χ0n) is 9.58. The maximum absolute atomic E-state index is 13.5. The van der Waals surface area contributed by atoms with Crippen molar-refractivity contribution in [3.05, 3.63) is 56.4 Å². The highest BCUT2D eigenvalue weighted by Crippen LogP contribution is 2.25. The van der Waals surface area contributed by atoms with Crippen molar-refractivity contribution in [1.29, 1.82) is 0 Å². The maximum atomic E-state index is 13.5. The third-order valence-corrected chi connectivity index (χ3v) is 3.40. The monoisotopic (exact) mass is 390 g/mol. The number of nitrogen functional groups attached to an aromatic ring is 1. The molecule has 0 aliphatic rings. The molecule has 2 aromatic carbocycles. The summed E-state index contributed by atoms with van der Waals surface area (Å²) in [5.41, 5.74) is 6.16. The number of nitrogens with two attached hydrogens (primary N) is 1. The van der Waals surface area contributed by atoms with Crippen molar-refractivity contribution in [1.82, 2.24) is 0 Å². The molecule has 0 radical (unpaired) electrons. The zero-order chi connectivity index (χ0) is 14.0. The predicted molar refractivity (Wildman–Crippen MR) is 82.9 cm³/mol. The van der Waals surface area contributed by atoms with Gasteiger partial charge in [-0.25, -0.2) is 4.39 Å². The van der Waals surface area contributed by atoms with Crippen LogP contribution in [0.15, 0.2) is 36.4 Å². The van der Waals surface area contributed by atoms with Crippen molar-refractivity contribution in [2.45, 2.75) is 0 Å². The molecule has 98 valence electrons. The molecule has 0 fully saturated rings. The van der Waals surface area contributed by atoms with Gasteiger partial charge in [0.25, 0.3) is 5.91 Å². The topological polar surface area (TPSA) is 55.1 Å². The van der Waals surface area contributed by atoms with Crippen molar-refractivity contribution in [2.75, 3.05) is 11.1 Å². The molecule has 1 amide bonds. The van der Waals surface area contributed by atoms with Crippen molar-refractivity contribution in [3.63, 3.8) is 0 Å².